The maximum absolute atomic E-state index is 11.7. The molecule has 24 heavy (non-hydrogen) atoms. The SMILES string of the molecule is O=C1[C@@H](O)[C@@H](OC[C@@H]2O[C@H](CO)[C@@H](O)C(=O)[C@H]2O)O[C@H](CO)[C@H]1O. The molecular formula is C13H20O11. The van der Waals surface area contributed by atoms with Crippen molar-refractivity contribution in [1.82, 2.24) is 0 Å². The highest BCUT2D eigenvalue weighted by Crippen LogP contribution is 2.22. The Morgan fingerprint density at radius 2 is 1.21 bits per heavy atom. The molecule has 2 aliphatic rings. The van der Waals surface area contributed by atoms with Crippen LogP contribution in [-0.4, -0.2) is 111 Å². The lowest BCUT2D eigenvalue weighted by Crippen LogP contribution is -2.59. The Kier molecular flexibility index (Phi) is 6.36. The molecule has 0 radical (unpaired) electrons. The summed E-state index contributed by atoms with van der Waals surface area (Å²) in [7, 11) is 0. The molecular weight excluding hydrogens is 332 g/mol. The zero-order chi connectivity index (χ0) is 18.0. The summed E-state index contributed by atoms with van der Waals surface area (Å²) in [5.74, 6) is -1.96. The molecule has 11 heteroatoms. The van der Waals surface area contributed by atoms with Gasteiger partial charge in [-0.3, -0.25) is 9.59 Å². The Bertz CT molecular complexity index is 427. The zero-order valence-electron chi connectivity index (χ0n) is 12.5. The third kappa shape index (κ3) is 3.64. The Labute approximate surface area is 136 Å². The molecule has 0 aromatic carbocycles. The quantitative estimate of drug-likeness (QED) is 0.279. The average molecular weight is 352 g/mol. The summed E-state index contributed by atoms with van der Waals surface area (Å²) >= 11 is 0. The topological polar surface area (TPSA) is 183 Å². The lowest BCUT2D eigenvalue weighted by Gasteiger charge is -2.38. The van der Waals surface area contributed by atoms with Gasteiger partial charge in [-0.25, -0.2) is 0 Å². The van der Waals surface area contributed by atoms with Crippen molar-refractivity contribution in [2.24, 2.45) is 0 Å². The molecule has 2 fully saturated rings. The standard InChI is InChI=1S/C13H20O11/c14-1-4-7(16)10(19)9(18)6(23-4)3-22-13-12(21)11(20)8(17)5(2-15)24-13/h4-9,12-18,21H,1-3H2/t4-,5-,6+,7-,8-,9+,12-,13+/m1/s1. The van der Waals surface area contributed by atoms with Crippen molar-refractivity contribution in [2.45, 2.75) is 49.0 Å². The van der Waals surface area contributed by atoms with Crippen molar-refractivity contribution in [3.8, 4) is 0 Å². The summed E-state index contributed by atoms with van der Waals surface area (Å²) in [4.78, 5) is 23.3. The van der Waals surface area contributed by atoms with E-state index < -0.39 is 80.4 Å². The molecule has 2 saturated heterocycles. The van der Waals surface area contributed by atoms with Gasteiger partial charge in [-0.05, 0) is 0 Å². The first kappa shape index (κ1) is 19.3. The van der Waals surface area contributed by atoms with Crippen LogP contribution in [-0.2, 0) is 23.8 Å². The van der Waals surface area contributed by atoms with Crippen LogP contribution in [0.1, 0.15) is 0 Å². The van der Waals surface area contributed by atoms with E-state index in [4.69, 9.17) is 24.4 Å². The van der Waals surface area contributed by atoms with Gasteiger partial charge in [0.05, 0.1) is 19.8 Å². The molecule has 0 unspecified atom stereocenters. The van der Waals surface area contributed by atoms with Crippen molar-refractivity contribution in [1.29, 1.82) is 0 Å². The Morgan fingerprint density at radius 3 is 1.75 bits per heavy atom. The van der Waals surface area contributed by atoms with Crippen molar-refractivity contribution in [2.75, 3.05) is 19.8 Å². The summed E-state index contributed by atoms with van der Waals surface area (Å²) in [6.45, 7) is -1.88. The maximum Gasteiger partial charge on any atom is 0.197 e. The Balaban J connectivity index is 1.98. The highest BCUT2D eigenvalue weighted by atomic mass is 16.7. The van der Waals surface area contributed by atoms with E-state index in [2.05, 4.69) is 0 Å². The van der Waals surface area contributed by atoms with Crippen LogP contribution in [0, 0.1) is 0 Å². The number of hydrogen-bond donors (Lipinski definition) is 6. The molecule has 0 saturated carbocycles. The first-order chi connectivity index (χ1) is 11.3. The fraction of sp³-hybridized carbons (Fsp3) is 0.846. The molecule has 2 heterocycles. The minimum atomic E-state index is -1.83. The molecule has 0 spiro atoms. The van der Waals surface area contributed by atoms with Crippen molar-refractivity contribution in [3.05, 3.63) is 0 Å². The van der Waals surface area contributed by atoms with Gasteiger partial charge in [-0.15, -0.1) is 0 Å². The molecule has 6 N–H and O–H groups in total. The molecule has 2 rings (SSSR count). The molecule has 2 aliphatic heterocycles. The van der Waals surface area contributed by atoms with Crippen LogP contribution >= 0.6 is 0 Å². The number of Topliss-reactive ketones (excluding diaryl/α,β-unsaturated/α-hetero) is 2. The van der Waals surface area contributed by atoms with Gasteiger partial charge < -0.3 is 44.8 Å². The summed E-state index contributed by atoms with van der Waals surface area (Å²) in [6.07, 6.45) is -12.3. The van der Waals surface area contributed by atoms with Gasteiger partial charge in [-0.1, -0.05) is 0 Å². The lowest BCUT2D eigenvalue weighted by molar-refractivity contribution is -0.270. The number of aliphatic hydroxyl groups excluding tert-OH is 6. The summed E-state index contributed by atoms with van der Waals surface area (Å²) in [6, 6.07) is 0. The second-order valence-corrected chi connectivity index (χ2v) is 5.54. The first-order valence-corrected chi connectivity index (χ1v) is 7.25. The number of ether oxygens (including phenoxy) is 3. The fourth-order valence-corrected chi connectivity index (χ4v) is 2.46. The van der Waals surface area contributed by atoms with Gasteiger partial charge in [0.25, 0.3) is 0 Å². The highest BCUT2D eigenvalue weighted by molar-refractivity contribution is 5.89. The molecule has 0 aliphatic carbocycles. The predicted octanol–water partition coefficient (Wildman–Crippen LogP) is -4.94. The monoisotopic (exact) mass is 352 g/mol. The van der Waals surface area contributed by atoms with E-state index in [1.165, 1.54) is 0 Å². The Morgan fingerprint density at radius 1 is 0.750 bits per heavy atom. The van der Waals surface area contributed by atoms with E-state index in [0.29, 0.717) is 0 Å². The smallest absolute Gasteiger partial charge is 0.197 e. The maximum atomic E-state index is 11.7. The predicted molar refractivity (Wildman–Crippen MR) is 71.5 cm³/mol. The van der Waals surface area contributed by atoms with E-state index >= 15 is 0 Å². The minimum Gasteiger partial charge on any atom is -0.394 e. The van der Waals surface area contributed by atoms with Gasteiger partial charge in [0.15, 0.2) is 24.0 Å². The zero-order valence-corrected chi connectivity index (χ0v) is 12.5. The van der Waals surface area contributed by atoms with Crippen LogP contribution in [0.5, 0.6) is 0 Å². The number of carbonyl (C=O) groups excluding carboxylic acids is 2. The summed E-state index contributed by atoms with van der Waals surface area (Å²) in [5, 5.41) is 56.6. The molecule has 0 aromatic rings. The molecule has 0 aromatic heterocycles. The van der Waals surface area contributed by atoms with Crippen molar-refractivity contribution < 1.29 is 54.4 Å². The molecule has 0 amide bonds. The van der Waals surface area contributed by atoms with Gasteiger partial charge in [0, 0.05) is 0 Å². The van der Waals surface area contributed by atoms with Gasteiger partial charge >= 0.3 is 0 Å². The number of aliphatic hydroxyl groups is 6. The number of hydrogen-bond acceptors (Lipinski definition) is 11. The van der Waals surface area contributed by atoms with Crippen molar-refractivity contribution >= 4 is 11.6 Å². The van der Waals surface area contributed by atoms with E-state index in [1.54, 1.807) is 0 Å². The van der Waals surface area contributed by atoms with E-state index in [-0.39, 0.29) is 0 Å². The van der Waals surface area contributed by atoms with Gasteiger partial charge in [-0.2, -0.15) is 0 Å². The number of rotatable bonds is 5. The van der Waals surface area contributed by atoms with Crippen LogP contribution in [0.2, 0.25) is 0 Å². The second kappa shape index (κ2) is 7.91. The third-order valence-electron chi connectivity index (χ3n) is 3.92. The molecule has 11 nitrogen and oxygen atoms in total. The fourth-order valence-electron chi connectivity index (χ4n) is 2.46. The van der Waals surface area contributed by atoms with E-state index in [9.17, 15) is 30.0 Å². The van der Waals surface area contributed by atoms with Crippen LogP contribution in [0.4, 0.5) is 0 Å². The molecule has 8 atom stereocenters. The highest BCUT2D eigenvalue weighted by Gasteiger charge is 2.46. The van der Waals surface area contributed by atoms with E-state index in [1.807, 2.05) is 0 Å². The lowest BCUT2D eigenvalue weighted by atomic mass is 9.97. The normalized spacial score (nSPS) is 43.9. The third-order valence-corrected chi connectivity index (χ3v) is 3.92. The second-order valence-electron chi connectivity index (χ2n) is 5.54. The minimum absolute atomic E-state index is 0.515. The van der Waals surface area contributed by atoms with Crippen LogP contribution in [0.3, 0.4) is 0 Å². The molecule has 0 bridgehead atoms. The van der Waals surface area contributed by atoms with Gasteiger partial charge in [0.1, 0.15) is 36.6 Å². The summed E-state index contributed by atoms with van der Waals surface area (Å²) in [5.41, 5.74) is 0. The Hall–Kier alpha value is -1.02. The van der Waals surface area contributed by atoms with Crippen LogP contribution < -0.4 is 0 Å². The van der Waals surface area contributed by atoms with Crippen LogP contribution in [0.25, 0.3) is 0 Å². The number of ketones is 2. The largest absolute Gasteiger partial charge is 0.394 e. The van der Waals surface area contributed by atoms with Crippen LogP contribution in [0.15, 0.2) is 0 Å². The van der Waals surface area contributed by atoms with Gasteiger partial charge in [0.2, 0.25) is 0 Å². The summed E-state index contributed by atoms with van der Waals surface area (Å²) < 4.78 is 15.3. The average Bonchev–Trinajstić information content (AvgIpc) is 2.58. The number of carbonyl (C=O) groups is 2. The van der Waals surface area contributed by atoms with Crippen molar-refractivity contribution in [3.63, 3.8) is 0 Å². The first-order valence-electron chi connectivity index (χ1n) is 7.25. The molecule has 138 valence electrons. The van der Waals surface area contributed by atoms with E-state index in [0.717, 1.165) is 0 Å².